The first kappa shape index (κ1) is 13.7. The molecule has 0 heterocycles. The fourth-order valence-electron chi connectivity index (χ4n) is 0.669. The molecule has 0 radical (unpaired) electrons. The van der Waals surface area contributed by atoms with E-state index in [1.54, 1.807) is 6.07 Å². The fourth-order valence-corrected chi connectivity index (χ4v) is 2.60. The predicted molar refractivity (Wildman–Crippen MR) is 49.8 cm³/mol. The van der Waals surface area contributed by atoms with Crippen molar-refractivity contribution < 1.29 is 31.8 Å². The minimum atomic E-state index is -4.38. The van der Waals surface area contributed by atoms with Gasteiger partial charge in [-0.25, -0.2) is 8.42 Å². The van der Waals surface area contributed by atoms with E-state index in [2.05, 4.69) is 31.9 Å². The van der Waals surface area contributed by atoms with E-state index in [-0.39, 0.29) is 28.2 Å². The van der Waals surface area contributed by atoms with Gasteiger partial charge in [0.1, 0.15) is 10.1 Å². The first-order valence-electron chi connectivity index (χ1n) is 2.82. The summed E-state index contributed by atoms with van der Waals surface area (Å²) in [6, 6.07) is 4.39. The monoisotopic (exact) mass is 320 g/mol. The molecule has 0 bridgehead atoms. The van der Waals surface area contributed by atoms with Crippen molar-refractivity contribution >= 4 is 42.0 Å². The zero-order valence-corrected chi connectivity index (χ0v) is 10.6. The molecule has 1 rings (SSSR count). The van der Waals surface area contributed by atoms with Crippen LogP contribution in [0.4, 0.5) is 0 Å². The number of halogens is 2. The quantitative estimate of drug-likeness (QED) is 0.498. The molecule has 0 saturated heterocycles. The van der Waals surface area contributed by atoms with Crippen molar-refractivity contribution in [2.45, 2.75) is 4.90 Å². The van der Waals surface area contributed by atoms with Crippen LogP contribution in [0.2, 0.25) is 0 Å². The normalized spacial score (nSPS) is 10.7. The molecular formula is C6H3Br2LiO3S. The Morgan fingerprint density at radius 2 is 1.77 bits per heavy atom. The summed E-state index contributed by atoms with van der Waals surface area (Å²) >= 11 is 6.03. The van der Waals surface area contributed by atoms with Crippen molar-refractivity contribution in [1.82, 2.24) is 0 Å². The van der Waals surface area contributed by atoms with Crippen LogP contribution in [0, 0.1) is 0 Å². The third-order valence-electron chi connectivity index (χ3n) is 1.16. The maximum absolute atomic E-state index is 10.6. The van der Waals surface area contributed by atoms with Gasteiger partial charge in [0.2, 0.25) is 0 Å². The van der Waals surface area contributed by atoms with Gasteiger partial charge in [0.25, 0.3) is 0 Å². The number of rotatable bonds is 1. The van der Waals surface area contributed by atoms with Gasteiger partial charge in [-0.1, -0.05) is 15.9 Å². The molecule has 66 valence electrons. The van der Waals surface area contributed by atoms with Gasteiger partial charge in [-0.3, -0.25) is 0 Å². The molecule has 0 fully saturated rings. The molecule has 0 aliphatic rings. The average Bonchev–Trinajstić information content (AvgIpc) is 1.92. The van der Waals surface area contributed by atoms with Crippen LogP contribution in [0.25, 0.3) is 0 Å². The van der Waals surface area contributed by atoms with Crippen LogP contribution >= 0.6 is 31.9 Å². The van der Waals surface area contributed by atoms with Crippen LogP contribution in [-0.4, -0.2) is 13.0 Å². The van der Waals surface area contributed by atoms with E-state index in [4.69, 9.17) is 0 Å². The van der Waals surface area contributed by atoms with Gasteiger partial charge in [0.05, 0.1) is 4.90 Å². The summed E-state index contributed by atoms with van der Waals surface area (Å²) in [6.07, 6.45) is 0. The molecule has 0 spiro atoms. The van der Waals surface area contributed by atoms with Crippen LogP contribution < -0.4 is 18.9 Å². The Bertz CT molecular complexity index is 404. The molecular weight excluding hydrogens is 319 g/mol. The van der Waals surface area contributed by atoms with Crippen LogP contribution in [-0.2, 0) is 10.1 Å². The fraction of sp³-hybridized carbons (Fsp3) is 0. The van der Waals surface area contributed by atoms with Crippen LogP contribution in [0.3, 0.4) is 0 Å². The molecule has 13 heavy (non-hydrogen) atoms. The summed E-state index contributed by atoms with van der Waals surface area (Å²) in [4.78, 5) is -0.253. The van der Waals surface area contributed by atoms with Crippen molar-refractivity contribution in [2.24, 2.45) is 0 Å². The molecule has 0 saturated carbocycles. The number of hydrogen-bond acceptors (Lipinski definition) is 3. The molecule has 0 amide bonds. The zero-order chi connectivity index (χ0) is 9.35. The summed E-state index contributed by atoms with van der Waals surface area (Å²) in [6.45, 7) is 0. The van der Waals surface area contributed by atoms with Crippen LogP contribution in [0.1, 0.15) is 0 Å². The molecule has 3 nitrogen and oxygen atoms in total. The molecule has 0 aromatic heterocycles. The van der Waals surface area contributed by atoms with E-state index in [0.29, 0.717) is 4.47 Å². The standard InChI is InChI=1S/C6H4Br2O3S.Li/c7-4-1-2-5(8)6(3-4)12(9,10)11;/h1-3H,(H,9,10,11);/q;+1/p-1. The summed E-state index contributed by atoms with van der Waals surface area (Å²) in [5, 5.41) is 0. The van der Waals surface area contributed by atoms with E-state index in [1.807, 2.05) is 0 Å². The van der Waals surface area contributed by atoms with E-state index in [0.717, 1.165) is 0 Å². The summed E-state index contributed by atoms with van der Waals surface area (Å²) in [5.74, 6) is 0. The van der Waals surface area contributed by atoms with Crippen LogP contribution in [0.15, 0.2) is 32.0 Å². The third kappa shape index (κ3) is 3.74. The molecule has 0 aliphatic heterocycles. The Kier molecular flexibility index (Phi) is 5.23. The Morgan fingerprint density at radius 1 is 1.23 bits per heavy atom. The largest absolute Gasteiger partial charge is 1.00 e. The van der Waals surface area contributed by atoms with Crippen molar-refractivity contribution in [1.29, 1.82) is 0 Å². The summed E-state index contributed by atoms with van der Waals surface area (Å²) < 4.78 is 32.6. The second-order valence-electron chi connectivity index (χ2n) is 2.03. The van der Waals surface area contributed by atoms with Gasteiger partial charge in [-0.05, 0) is 34.1 Å². The third-order valence-corrected chi connectivity index (χ3v) is 3.49. The topological polar surface area (TPSA) is 57.2 Å². The van der Waals surface area contributed by atoms with Gasteiger partial charge in [0, 0.05) is 8.95 Å². The van der Waals surface area contributed by atoms with Gasteiger partial charge >= 0.3 is 18.9 Å². The molecule has 0 unspecified atom stereocenters. The molecule has 1 aromatic rings. The van der Waals surface area contributed by atoms with E-state index < -0.39 is 10.1 Å². The van der Waals surface area contributed by atoms with Crippen molar-refractivity contribution in [3.8, 4) is 0 Å². The maximum atomic E-state index is 10.6. The van der Waals surface area contributed by atoms with E-state index in [9.17, 15) is 13.0 Å². The number of benzene rings is 1. The van der Waals surface area contributed by atoms with Gasteiger partial charge in [0.15, 0.2) is 0 Å². The molecule has 7 heteroatoms. The van der Waals surface area contributed by atoms with Gasteiger partial charge in [-0.15, -0.1) is 0 Å². The minimum Gasteiger partial charge on any atom is -0.744 e. The summed E-state index contributed by atoms with van der Waals surface area (Å²) in [5.41, 5.74) is 0. The summed E-state index contributed by atoms with van der Waals surface area (Å²) in [7, 11) is -4.38. The average molecular weight is 322 g/mol. The predicted octanol–water partition coefficient (Wildman–Crippen LogP) is -0.880. The Balaban J connectivity index is 0.00000144. The van der Waals surface area contributed by atoms with Crippen molar-refractivity contribution in [3.05, 3.63) is 27.1 Å². The molecule has 1 aromatic carbocycles. The molecule has 0 aliphatic carbocycles. The first-order chi connectivity index (χ1) is 5.41. The SMILES string of the molecule is O=S(=O)([O-])c1cc(Br)ccc1Br.[Li+]. The van der Waals surface area contributed by atoms with Crippen LogP contribution in [0.5, 0.6) is 0 Å². The second-order valence-corrected chi connectivity index (χ2v) is 5.15. The van der Waals surface area contributed by atoms with Gasteiger partial charge < -0.3 is 4.55 Å². The Morgan fingerprint density at radius 3 is 2.15 bits per heavy atom. The van der Waals surface area contributed by atoms with Crippen molar-refractivity contribution in [2.75, 3.05) is 0 Å². The Labute approximate surface area is 105 Å². The van der Waals surface area contributed by atoms with E-state index >= 15 is 0 Å². The maximum Gasteiger partial charge on any atom is 1.00 e. The molecule has 0 N–H and O–H groups in total. The van der Waals surface area contributed by atoms with E-state index in [1.165, 1.54) is 12.1 Å². The minimum absolute atomic E-state index is 0. The number of hydrogen-bond donors (Lipinski definition) is 0. The Hall–Kier alpha value is 0.687. The van der Waals surface area contributed by atoms with Gasteiger partial charge in [-0.2, -0.15) is 0 Å². The second kappa shape index (κ2) is 4.96. The smallest absolute Gasteiger partial charge is 0.744 e. The van der Waals surface area contributed by atoms with Crippen molar-refractivity contribution in [3.63, 3.8) is 0 Å². The first-order valence-corrected chi connectivity index (χ1v) is 5.81. The molecule has 0 atom stereocenters. The zero-order valence-electron chi connectivity index (χ0n) is 6.62.